The van der Waals surface area contributed by atoms with Crippen molar-refractivity contribution in [2.45, 2.75) is 57.5 Å². The lowest BCUT2D eigenvalue weighted by molar-refractivity contribution is -0.137. The zero-order valence-electron chi connectivity index (χ0n) is 17.4. The summed E-state index contributed by atoms with van der Waals surface area (Å²) in [4.78, 5) is 13.7. The Morgan fingerprint density at radius 3 is 1.97 bits per heavy atom. The Balaban J connectivity index is 0.000000456. The van der Waals surface area contributed by atoms with Gasteiger partial charge in [0.05, 0.1) is 17.2 Å². The van der Waals surface area contributed by atoms with Crippen LogP contribution in [0.2, 0.25) is 0 Å². The van der Waals surface area contributed by atoms with Crippen LogP contribution in [-0.4, -0.2) is 34.3 Å². The lowest BCUT2D eigenvalue weighted by Crippen LogP contribution is -2.45. The van der Waals surface area contributed by atoms with E-state index in [1.165, 1.54) is 17.0 Å². The first kappa shape index (κ1) is 23.7. The van der Waals surface area contributed by atoms with Crippen molar-refractivity contribution in [1.29, 1.82) is 0 Å². The molecule has 4 nitrogen and oxygen atoms in total. The highest BCUT2D eigenvalue weighted by Crippen LogP contribution is 2.32. The number of alkyl halides is 3. The molecule has 2 aromatic carbocycles. The molecule has 1 aliphatic rings. The number of amides is 1. The first-order valence-corrected chi connectivity index (χ1v) is 9.84. The van der Waals surface area contributed by atoms with Crippen LogP contribution >= 0.6 is 0 Å². The quantitative estimate of drug-likeness (QED) is 0.674. The van der Waals surface area contributed by atoms with E-state index in [2.05, 4.69) is 0 Å². The van der Waals surface area contributed by atoms with E-state index in [1.807, 2.05) is 36.4 Å². The smallest absolute Gasteiger partial charge is 0.416 e. The van der Waals surface area contributed by atoms with Crippen LogP contribution in [0.4, 0.5) is 18.0 Å². The number of benzene rings is 2. The summed E-state index contributed by atoms with van der Waals surface area (Å²) in [5, 5.41) is 9.80. The first-order chi connectivity index (χ1) is 14.0. The maximum absolute atomic E-state index is 12.6. The zero-order valence-corrected chi connectivity index (χ0v) is 17.4. The first-order valence-electron chi connectivity index (χ1n) is 9.84. The number of carbonyl (C=O) groups excluding carboxylic acids is 1. The zero-order chi connectivity index (χ0) is 22.4. The number of hydrogen-bond acceptors (Lipinski definition) is 3. The van der Waals surface area contributed by atoms with Gasteiger partial charge in [-0.05, 0) is 38.5 Å². The van der Waals surface area contributed by atoms with Crippen LogP contribution in [0.15, 0.2) is 60.7 Å². The molecule has 1 heterocycles. The highest BCUT2D eigenvalue weighted by atomic mass is 19.4. The maximum atomic E-state index is 12.6. The Bertz CT molecular complexity index is 759. The van der Waals surface area contributed by atoms with Gasteiger partial charge in [-0.2, -0.15) is 13.2 Å². The highest BCUT2D eigenvalue weighted by molar-refractivity contribution is 5.69. The standard InChI is InChI=1S/C17H22F3NO3.C6H6/c1-11(12-4-6-13(7-5-12)17(18,19)20)21-9-8-14(24-15(21)22)10-16(2,3)23;1-2-4-6-5-3-1/h4-7,11,14,23H,8-10H2,1-3H3;1-6H. The molecule has 2 atom stereocenters. The summed E-state index contributed by atoms with van der Waals surface area (Å²) in [6.07, 6.45) is -4.32. The van der Waals surface area contributed by atoms with Crippen LogP contribution in [0.3, 0.4) is 0 Å². The van der Waals surface area contributed by atoms with Crippen molar-refractivity contribution in [2.75, 3.05) is 6.54 Å². The van der Waals surface area contributed by atoms with Crippen molar-refractivity contribution in [3.63, 3.8) is 0 Å². The fourth-order valence-corrected chi connectivity index (χ4v) is 3.21. The van der Waals surface area contributed by atoms with Gasteiger partial charge in [-0.3, -0.25) is 0 Å². The second kappa shape index (κ2) is 9.98. The molecular formula is C23H28F3NO3. The second-order valence-corrected chi connectivity index (χ2v) is 7.95. The Morgan fingerprint density at radius 2 is 1.57 bits per heavy atom. The van der Waals surface area contributed by atoms with Crippen LogP contribution < -0.4 is 0 Å². The SMILES string of the molecule is CC(c1ccc(C(F)(F)F)cc1)N1CCC(CC(C)(C)O)OC1=O.c1ccccc1. The Hall–Kier alpha value is -2.54. The van der Waals surface area contributed by atoms with Crippen molar-refractivity contribution in [2.24, 2.45) is 0 Å². The third kappa shape index (κ3) is 7.37. The molecule has 164 valence electrons. The number of carbonyl (C=O) groups is 1. The molecular weight excluding hydrogens is 395 g/mol. The molecule has 0 aromatic heterocycles. The largest absolute Gasteiger partial charge is 0.446 e. The van der Waals surface area contributed by atoms with E-state index in [4.69, 9.17) is 4.74 Å². The van der Waals surface area contributed by atoms with Crippen LogP contribution in [-0.2, 0) is 10.9 Å². The highest BCUT2D eigenvalue weighted by Gasteiger charge is 2.34. The molecule has 0 bridgehead atoms. The molecule has 3 rings (SSSR count). The van der Waals surface area contributed by atoms with E-state index in [0.29, 0.717) is 24.9 Å². The third-order valence-electron chi connectivity index (χ3n) is 4.78. The number of halogens is 3. The lowest BCUT2D eigenvalue weighted by atomic mass is 9.97. The number of hydrogen-bond donors (Lipinski definition) is 1. The fraction of sp³-hybridized carbons (Fsp3) is 0.435. The van der Waals surface area contributed by atoms with Gasteiger partial charge in [0, 0.05) is 19.4 Å². The normalized spacial score (nSPS) is 18.2. The predicted octanol–water partition coefficient (Wildman–Crippen LogP) is 5.82. The average molecular weight is 423 g/mol. The molecule has 1 amide bonds. The van der Waals surface area contributed by atoms with Crippen molar-refractivity contribution in [3.05, 3.63) is 71.8 Å². The molecule has 2 unspecified atom stereocenters. The van der Waals surface area contributed by atoms with E-state index < -0.39 is 23.4 Å². The van der Waals surface area contributed by atoms with Gasteiger partial charge in [-0.25, -0.2) is 4.79 Å². The molecule has 0 aliphatic carbocycles. The number of rotatable bonds is 4. The van der Waals surface area contributed by atoms with E-state index in [-0.39, 0.29) is 12.1 Å². The topological polar surface area (TPSA) is 49.8 Å². The molecule has 0 saturated carbocycles. The summed E-state index contributed by atoms with van der Waals surface area (Å²) in [5.74, 6) is 0. The van der Waals surface area contributed by atoms with Gasteiger partial charge in [0.25, 0.3) is 0 Å². The molecule has 7 heteroatoms. The van der Waals surface area contributed by atoms with Gasteiger partial charge in [0.15, 0.2) is 0 Å². The minimum Gasteiger partial charge on any atom is -0.446 e. The van der Waals surface area contributed by atoms with E-state index in [9.17, 15) is 23.1 Å². The average Bonchev–Trinajstić information content (AvgIpc) is 2.68. The molecule has 1 N–H and O–H groups in total. The van der Waals surface area contributed by atoms with Crippen LogP contribution in [0.1, 0.15) is 50.8 Å². The van der Waals surface area contributed by atoms with Crippen molar-refractivity contribution in [1.82, 2.24) is 4.90 Å². The summed E-state index contributed by atoms with van der Waals surface area (Å²) >= 11 is 0. The van der Waals surface area contributed by atoms with Gasteiger partial charge >= 0.3 is 12.3 Å². The molecule has 1 saturated heterocycles. The Kier molecular flexibility index (Phi) is 7.89. The van der Waals surface area contributed by atoms with Gasteiger partial charge in [-0.1, -0.05) is 48.5 Å². The summed E-state index contributed by atoms with van der Waals surface area (Å²) in [6, 6.07) is 16.4. The second-order valence-electron chi connectivity index (χ2n) is 7.95. The van der Waals surface area contributed by atoms with Crippen molar-refractivity contribution >= 4 is 6.09 Å². The van der Waals surface area contributed by atoms with E-state index in [0.717, 1.165) is 12.1 Å². The maximum Gasteiger partial charge on any atom is 0.416 e. The van der Waals surface area contributed by atoms with E-state index >= 15 is 0 Å². The van der Waals surface area contributed by atoms with Crippen LogP contribution in [0.25, 0.3) is 0 Å². The number of ether oxygens (including phenoxy) is 1. The predicted molar refractivity (Wildman–Crippen MR) is 109 cm³/mol. The molecule has 0 radical (unpaired) electrons. The number of nitrogens with zero attached hydrogens (tertiary/aromatic N) is 1. The fourth-order valence-electron chi connectivity index (χ4n) is 3.21. The minimum atomic E-state index is -4.38. The lowest BCUT2D eigenvalue weighted by Gasteiger charge is -2.37. The Morgan fingerprint density at radius 1 is 1.07 bits per heavy atom. The van der Waals surface area contributed by atoms with Gasteiger partial charge in [0.2, 0.25) is 0 Å². The molecule has 30 heavy (non-hydrogen) atoms. The summed E-state index contributed by atoms with van der Waals surface area (Å²) in [5.41, 5.74) is -1.03. The molecule has 2 aromatic rings. The number of aliphatic hydroxyl groups is 1. The van der Waals surface area contributed by atoms with Gasteiger partial charge in [0.1, 0.15) is 6.10 Å². The summed E-state index contributed by atoms with van der Waals surface area (Å²) in [6.45, 7) is 5.48. The van der Waals surface area contributed by atoms with Gasteiger partial charge < -0.3 is 14.7 Å². The molecule has 1 fully saturated rings. The minimum absolute atomic E-state index is 0.348. The van der Waals surface area contributed by atoms with Crippen LogP contribution in [0.5, 0.6) is 0 Å². The van der Waals surface area contributed by atoms with Crippen LogP contribution in [0, 0.1) is 0 Å². The molecule has 0 spiro atoms. The summed E-state index contributed by atoms with van der Waals surface area (Å²) < 4.78 is 43.2. The molecule has 1 aliphatic heterocycles. The summed E-state index contributed by atoms with van der Waals surface area (Å²) in [7, 11) is 0. The Labute approximate surface area is 175 Å². The van der Waals surface area contributed by atoms with Crippen molar-refractivity contribution < 1.29 is 27.8 Å². The number of cyclic esters (lactones) is 1. The van der Waals surface area contributed by atoms with E-state index in [1.54, 1.807) is 20.8 Å². The van der Waals surface area contributed by atoms with Gasteiger partial charge in [-0.15, -0.1) is 0 Å². The third-order valence-corrected chi connectivity index (χ3v) is 4.78. The monoisotopic (exact) mass is 423 g/mol. The van der Waals surface area contributed by atoms with Crippen molar-refractivity contribution in [3.8, 4) is 0 Å².